The van der Waals surface area contributed by atoms with Crippen LogP contribution in [0.15, 0.2) is 55.3 Å². The first-order valence-corrected chi connectivity index (χ1v) is 15.4. The second-order valence-electron chi connectivity index (χ2n) is 11.9. The Morgan fingerprint density at radius 1 is 1.03 bits per heavy atom. The van der Waals surface area contributed by atoms with Crippen LogP contribution >= 0.6 is 11.6 Å². The molecule has 0 radical (unpaired) electrons. The maximum Gasteiger partial charge on any atom is 0.133 e. The third kappa shape index (κ3) is 6.57. The summed E-state index contributed by atoms with van der Waals surface area (Å²) in [5, 5.41) is 5.38. The molecule has 39 heavy (non-hydrogen) atoms. The molecule has 6 heteroatoms. The van der Waals surface area contributed by atoms with Crippen LogP contribution in [0.5, 0.6) is 0 Å². The van der Waals surface area contributed by atoms with Crippen LogP contribution in [0.1, 0.15) is 102 Å². The Morgan fingerprint density at radius 3 is 2.46 bits per heavy atom. The summed E-state index contributed by atoms with van der Waals surface area (Å²) >= 11 is 6.51. The van der Waals surface area contributed by atoms with Crippen molar-refractivity contribution in [1.29, 1.82) is 0 Å². The monoisotopic (exact) mass is 545 g/mol. The highest BCUT2D eigenvalue weighted by Gasteiger charge is 2.29. The molecule has 5 rings (SSSR count). The Hall–Kier alpha value is -2.66. The van der Waals surface area contributed by atoms with E-state index in [-0.39, 0.29) is 0 Å². The standard InChI is InChI=1S/C33H44ClN5/c1-5-32-31(34)17-29(19-36-32)27-13-11-25(12-14-27)21-38(24(4)26-9-7-6-8-10-26)33-18-28(15-16-35-33)30-20-37-39(22-30)23(2)3/h15-20,22-23,25-27H,4-14,21H2,1-3H3. The lowest BCUT2D eigenvalue weighted by Gasteiger charge is -2.37. The van der Waals surface area contributed by atoms with Crippen molar-refractivity contribution in [3.05, 3.63) is 71.5 Å². The average Bonchev–Trinajstić information content (AvgIpc) is 3.48. The number of nitrogens with zero attached hydrogens (tertiary/aromatic N) is 5. The molecule has 0 bridgehead atoms. The minimum atomic E-state index is 0.342. The molecule has 3 aromatic heterocycles. The molecule has 2 aliphatic rings. The van der Waals surface area contributed by atoms with Crippen LogP contribution in [-0.2, 0) is 6.42 Å². The molecule has 0 aromatic carbocycles. The fraction of sp³-hybridized carbons (Fsp3) is 0.545. The Bertz CT molecular complexity index is 1250. The van der Waals surface area contributed by atoms with Crippen molar-refractivity contribution in [3.63, 3.8) is 0 Å². The number of aryl methyl sites for hydroxylation is 1. The summed E-state index contributed by atoms with van der Waals surface area (Å²) in [4.78, 5) is 12.0. The van der Waals surface area contributed by atoms with Gasteiger partial charge in [0.15, 0.2) is 0 Å². The fourth-order valence-electron chi connectivity index (χ4n) is 6.43. The van der Waals surface area contributed by atoms with E-state index >= 15 is 0 Å². The summed E-state index contributed by atoms with van der Waals surface area (Å²) in [6.45, 7) is 12.1. The lowest BCUT2D eigenvalue weighted by Crippen LogP contribution is -2.34. The third-order valence-electron chi connectivity index (χ3n) is 8.94. The molecule has 208 valence electrons. The molecule has 0 unspecified atom stereocenters. The van der Waals surface area contributed by atoms with E-state index in [0.717, 1.165) is 40.6 Å². The zero-order valence-electron chi connectivity index (χ0n) is 24.0. The number of hydrogen-bond donors (Lipinski definition) is 0. The summed E-state index contributed by atoms with van der Waals surface area (Å²) in [5.41, 5.74) is 5.85. The number of anilines is 1. The van der Waals surface area contributed by atoms with Gasteiger partial charge in [0, 0.05) is 42.4 Å². The van der Waals surface area contributed by atoms with Crippen LogP contribution in [0.3, 0.4) is 0 Å². The smallest absolute Gasteiger partial charge is 0.133 e. The van der Waals surface area contributed by atoms with E-state index in [1.165, 1.54) is 69.0 Å². The van der Waals surface area contributed by atoms with Gasteiger partial charge >= 0.3 is 0 Å². The first-order valence-electron chi connectivity index (χ1n) is 15.0. The summed E-state index contributed by atoms with van der Waals surface area (Å²) in [6.07, 6.45) is 20.2. The summed E-state index contributed by atoms with van der Waals surface area (Å²) < 4.78 is 2.02. The zero-order valence-corrected chi connectivity index (χ0v) is 24.7. The SMILES string of the molecule is C=C(C1CCCCC1)N(CC1CCC(c2cnc(CC)c(Cl)c2)CC1)c1cc(-c2cnn(C(C)C)c2)ccn1. The maximum atomic E-state index is 6.51. The molecule has 3 aromatic rings. The molecule has 0 N–H and O–H groups in total. The van der Waals surface area contributed by atoms with E-state index in [2.05, 4.69) is 72.9 Å². The number of halogens is 1. The Morgan fingerprint density at radius 2 is 1.79 bits per heavy atom. The maximum absolute atomic E-state index is 6.51. The summed E-state index contributed by atoms with van der Waals surface area (Å²) in [6, 6.07) is 6.84. The quantitative estimate of drug-likeness (QED) is 0.269. The minimum absolute atomic E-state index is 0.342. The molecular weight excluding hydrogens is 502 g/mol. The van der Waals surface area contributed by atoms with Crippen molar-refractivity contribution >= 4 is 17.4 Å². The van der Waals surface area contributed by atoms with Crippen molar-refractivity contribution < 1.29 is 0 Å². The van der Waals surface area contributed by atoms with Gasteiger partial charge in [0.2, 0.25) is 0 Å². The molecule has 0 aliphatic heterocycles. The van der Waals surface area contributed by atoms with Crippen molar-refractivity contribution in [2.24, 2.45) is 11.8 Å². The first kappa shape index (κ1) is 27.9. The molecule has 2 fully saturated rings. The molecule has 5 nitrogen and oxygen atoms in total. The molecule has 2 saturated carbocycles. The Labute approximate surface area is 239 Å². The summed E-state index contributed by atoms with van der Waals surface area (Å²) in [5.74, 6) is 2.74. The highest BCUT2D eigenvalue weighted by Crippen LogP contribution is 2.39. The Balaban J connectivity index is 1.33. The van der Waals surface area contributed by atoms with Crippen molar-refractivity contribution in [2.45, 2.75) is 96.9 Å². The molecule has 0 spiro atoms. The van der Waals surface area contributed by atoms with Gasteiger partial charge in [-0.1, -0.05) is 44.4 Å². The highest BCUT2D eigenvalue weighted by molar-refractivity contribution is 6.31. The van der Waals surface area contributed by atoms with E-state index in [1.807, 2.05) is 17.1 Å². The van der Waals surface area contributed by atoms with Crippen LogP contribution in [0.2, 0.25) is 5.02 Å². The van der Waals surface area contributed by atoms with E-state index in [9.17, 15) is 0 Å². The third-order valence-corrected chi connectivity index (χ3v) is 9.27. The number of hydrogen-bond acceptors (Lipinski definition) is 4. The number of allylic oxidation sites excluding steroid dienone is 1. The van der Waals surface area contributed by atoms with Gasteiger partial charge in [-0.15, -0.1) is 0 Å². The van der Waals surface area contributed by atoms with Crippen LogP contribution in [0, 0.1) is 11.8 Å². The van der Waals surface area contributed by atoms with Crippen LogP contribution < -0.4 is 4.90 Å². The van der Waals surface area contributed by atoms with Gasteiger partial charge in [-0.2, -0.15) is 5.10 Å². The van der Waals surface area contributed by atoms with Crippen LogP contribution in [0.25, 0.3) is 11.1 Å². The van der Waals surface area contributed by atoms with Gasteiger partial charge in [0.25, 0.3) is 0 Å². The first-order chi connectivity index (χ1) is 18.9. The average molecular weight is 546 g/mol. The molecule has 3 heterocycles. The Kier molecular flexibility index (Phi) is 9.06. The number of pyridine rings is 2. The van der Waals surface area contributed by atoms with Crippen molar-refractivity contribution in [1.82, 2.24) is 19.7 Å². The van der Waals surface area contributed by atoms with Crippen molar-refractivity contribution in [3.8, 4) is 11.1 Å². The van der Waals surface area contributed by atoms with E-state index in [1.54, 1.807) is 0 Å². The van der Waals surface area contributed by atoms with Gasteiger partial charge in [0.1, 0.15) is 5.82 Å². The fourth-order valence-corrected chi connectivity index (χ4v) is 6.74. The van der Waals surface area contributed by atoms with Gasteiger partial charge in [-0.25, -0.2) is 4.98 Å². The van der Waals surface area contributed by atoms with Gasteiger partial charge in [-0.05, 0) is 106 Å². The predicted molar refractivity (Wildman–Crippen MR) is 162 cm³/mol. The van der Waals surface area contributed by atoms with Gasteiger partial charge in [0.05, 0.1) is 16.9 Å². The van der Waals surface area contributed by atoms with Crippen molar-refractivity contribution in [2.75, 3.05) is 11.4 Å². The number of aromatic nitrogens is 4. The van der Waals surface area contributed by atoms with Crippen LogP contribution in [-0.4, -0.2) is 26.3 Å². The molecule has 2 aliphatic carbocycles. The van der Waals surface area contributed by atoms with Gasteiger partial charge < -0.3 is 4.90 Å². The normalized spacial score (nSPS) is 20.3. The molecular formula is C33H44ClN5. The molecule has 0 saturated heterocycles. The van der Waals surface area contributed by atoms with E-state index in [0.29, 0.717) is 23.8 Å². The lowest BCUT2D eigenvalue weighted by molar-refractivity contribution is 0.323. The van der Waals surface area contributed by atoms with Gasteiger partial charge in [-0.3, -0.25) is 9.67 Å². The number of rotatable bonds is 9. The van der Waals surface area contributed by atoms with Crippen LogP contribution in [0.4, 0.5) is 5.82 Å². The topological polar surface area (TPSA) is 46.8 Å². The largest absolute Gasteiger partial charge is 0.330 e. The zero-order chi connectivity index (χ0) is 27.4. The van der Waals surface area contributed by atoms with E-state index < -0.39 is 0 Å². The minimum Gasteiger partial charge on any atom is -0.330 e. The summed E-state index contributed by atoms with van der Waals surface area (Å²) in [7, 11) is 0. The highest BCUT2D eigenvalue weighted by atomic mass is 35.5. The predicted octanol–water partition coefficient (Wildman–Crippen LogP) is 9.01. The molecule has 0 amide bonds. The second-order valence-corrected chi connectivity index (χ2v) is 12.3. The molecule has 0 atom stereocenters. The van der Waals surface area contributed by atoms with E-state index in [4.69, 9.17) is 16.6 Å². The lowest BCUT2D eigenvalue weighted by atomic mass is 9.78. The second kappa shape index (κ2) is 12.7.